The standard InChI is InChI=1S/C10H23NOS/c1-4-10(5-2)8-13(12)7-6-9(3)11/h9-10H,4-8,11H2,1-3H3. The van der Waals surface area contributed by atoms with E-state index in [1.54, 1.807) is 0 Å². The summed E-state index contributed by atoms with van der Waals surface area (Å²) in [4.78, 5) is 0. The van der Waals surface area contributed by atoms with Gasteiger partial charge in [-0.3, -0.25) is 4.21 Å². The molecule has 0 bridgehead atoms. The first-order valence-corrected chi connectivity index (χ1v) is 6.69. The summed E-state index contributed by atoms with van der Waals surface area (Å²) in [5, 5.41) is 0. The molecule has 0 heterocycles. The van der Waals surface area contributed by atoms with Crippen molar-refractivity contribution in [1.82, 2.24) is 0 Å². The maximum absolute atomic E-state index is 11.5. The van der Waals surface area contributed by atoms with Crippen LogP contribution in [0.25, 0.3) is 0 Å². The van der Waals surface area contributed by atoms with Crippen LogP contribution in [-0.2, 0) is 10.8 Å². The molecule has 2 N–H and O–H groups in total. The topological polar surface area (TPSA) is 43.1 Å². The van der Waals surface area contributed by atoms with Crippen molar-refractivity contribution in [3.8, 4) is 0 Å². The van der Waals surface area contributed by atoms with E-state index >= 15 is 0 Å². The molecule has 0 aromatic heterocycles. The largest absolute Gasteiger partial charge is 0.328 e. The highest BCUT2D eigenvalue weighted by molar-refractivity contribution is 7.84. The molecule has 0 aliphatic carbocycles. The number of nitrogens with two attached hydrogens (primary N) is 1. The lowest BCUT2D eigenvalue weighted by Crippen LogP contribution is -2.20. The fourth-order valence-electron chi connectivity index (χ4n) is 1.19. The Labute approximate surface area is 84.7 Å². The monoisotopic (exact) mass is 205 g/mol. The molecule has 0 rings (SSSR count). The molecule has 0 saturated carbocycles. The maximum Gasteiger partial charge on any atom is 0.0262 e. The summed E-state index contributed by atoms with van der Waals surface area (Å²) in [5.74, 6) is 2.27. The maximum atomic E-state index is 11.5. The van der Waals surface area contributed by atoms with Gasteiger partial charge in [0, 0.05) is 28.3 Å². The van der Waals surface area contributed by atoms with Crippen molar-refractivity contribution < 1.29 is 4.21 Å². The summed E-state index contributed by atoms with van der Waals surface area (Å²) in [6, 6.07) is 0.186. The summed E-state index contributed by atoms with van der Waals surface area (Å²) >= 11 is 0. The molecular weight excluding hydrogens is 182 g/mol. The Morgan fingerprint density at radius 3 is 2.23 bits per heavy atom. The Hall–Kier alpha value is 0.110. The minimum atomic E-state index is -0.650. The van der Waals surface area contributed by atoms with Crippen LogP contribution in [0, 0.1) is 5.92 Å². The van der Waals surface area contributed by atoms with Gasteiger partial charge in [-0.1, -0.05) is 26.7 Å². The van der Waals surface area contributed by atoms with Crippen molar-refractivity contribution in [3.05, 3.63) is 0 Å². The highest BCUT2D eigenvalue weighted by Crippen LogP contribution is 2.09. The predicted molar refractivity (Wildman–Crippen MR) is 60.2 cm³/mol. The first-order chi connectivity index (χ1) is 6.10. The summed E-state index contributed by atoms with van der Waals surface area (Å²) in [6.07, 6.45) is 3.16. The van der Waals surface area contributed by atoms with Gasteiger partial charge in [0.25, 0.3) is 0 Å². The van der Waals surface area contributed by atoms with Crippen molar-refractivity contribution in [3.63, 3.8) is 0 Å². The second-order valence-electron chi connectivity index (χ2n) is 3.76. The van der Waals surface area contributed by atoms with Crippen LogP contribution in [0.3, 0.4) is 0 Å². The summed E-state index contributed by atoms with van der Waals surface area (Å²) in [7, 11) is -0.650. The van der Waals surface area contributed by atoms with Crippen LogP contribution in [0.4, 0.5) is 0 Å². The highest BCUT2D eigenvalue weighted by Gasteiger charge is 2.09. The van der Waals surface area contributed by atoms with Gasteiger partial charge in [-0.15, -0.1) is 0 Å². The Bertz CT molecular complexity index is 144. The van der Waals surface area contributed by atoms with E-state index in [2.05, 4.69) is 13.8 Å². The number of rotatable bonds is 7. The average molecular weight is 205 g/mol. The van der Waals surface area contributed by atoms with Crippen LogP contribution < -0.4 is 5.73 Å². The third-order valence-corrected chi connectivity index (χ3v) is 3.91. The van der Waals surface area contributed by atoms with Crippen LogP contribution >= 0.6 is 0 Å². The highest BCUT2D eigenvalue weighted by atomic mass is 32.2. The smallest absolute Gasteiger partial charge is 0.0262 e. The molecule has 3 heteroatoms. The van der Waals surface area contributed by atoms with Gasteiger partial charge in [0.2, 0.25) is 0 Å². The van der Waals surface area contributed by atoms with Gasteiger partial charge in [0.05, 0.1) is 0 Å². The van der Waals surface area contributed by atoms with E-state index in [-0.39, 0.29) is 6.04 Å². The van der Waals surface area contributed by atoms with Gasteiger partial charge >= 0.3 is 0 Å². The molecule has 80 valence electrons. The van der Waals surface area contributed by atoms with E-state index in [9.17, 15) is 4.21 Å². The van der Waals surface area contributed by atoms with E-state index in [0.717, 1.165) is 30.8 Å². The Morgan fingerprint density at radius 1 is 1.31 bits per heavy atom. The van der Waals surface area contributed by atoms with Crippen LogP contribution in [0.15, 0.2) is 0 Å². The molecule has 2 atom stereocenters. The van der Waals surface area contributed by atoms with Crippen molar-refractivity contribution in [2.24, 2.45) is 11.7 Å². The zero-order valence-electron chi connectivity index (χ0n) is 9.08. The molecule has 0 aliphatic heterocycles. The molecule has 0 spiro atoms. The van der Waals surface area contributed by atoms with Crippen LogP contribution in [-0.4, -0.2) is 21.8 Å². The van der Waals surface area contributed by atoms with Crippen molar-refractivity contribution in [2.75, 3.05) is 11.5 Å². The third-order valence-electron chi connectivity index (χ3n) is 2.38. The predicted octanol–water partition coefficient (Wildman–Crippen LogP) is 1.91. The molecule has 13 heavy (non-hydrogen) atoms. The van der Waals surface area contributed by atoms with Crippen molar-refractivity contribution >= 4 is 10.8 Å². The van der Waals surface area contributed by atoms with Gasteiger partial charge in [-0.05, 0) is 19.3 Å². The quantitative estimate of drug-likeness (QED) is 0.690. The van der Waals surface area contributed by atoms with Crippen LogP contribution in [0.2, 0.25) is 0 Å². The first-order valence-electron chi connectivity index (χ1n) is 5.20. The fourth-order valence-corrected chi connectivity index (χ4v) is 2.99. The van der Waals surface area contributed by atoms with Gasteiger partial charge in [-0.2, -0.15) is 0 Å². The van der Waals surface area contributed by atoms with Gasteiger partial charge < -0.3 is 5.73 Å². The van der Waals surface area contributed by atoms with Gasteiger partial charge in [-0.25, -0.2) is 0 Å². The third kappa shape index (κ3) is 7.20. The van der Waals surface area contributed by atoms with Gasteiger partial charge in [0.1, 0.15) is 0 Å². The van der Waals surface area contributed by atoms with Crippen molar-refractivity contribution in [2.45, 2.75) is 46.1 Å². The molecule has 0 aromatic rings. The van der Waals surface area contributed by atoms with Gasteiger partial charge in [0.15, 0.2) is 0 Å². The molecule has 0 saturated heterocycles. The molecular formula is C10H23NOS. The fraction of sp³-hybridized carbons (Fsp3) is 1.00. The first kappa shape index (κ1) is 13.1. The molecule has 0 amide bonds. The summed E-state index contributed by atoms with van der Waals surface area (Å²) in [5.41, 5.74) is 5.60. The SMILES string of the molecule is CCC(CC)CS(=O)CCC(C)N. The average Bonchev–Trinajstić information content (AvgIpc) is 2.10. The van der Waals surface area contributed by atoms with E-state index in [0.29, 0.717) is 5.92 Å². The van der Waals surface area contributed by atoms with E-state index in [1.807, 2.05) is 6.92 Å². The second kappa shape index (κ2) is 7.51. The van der Waals surface area contributed by atoms with E-state index in [4.69, 9.17) is 5.73 Å². The van der Waals surface area contributed by atoms with Crippen molar-refractivity contribution in [1.29, 1.82) is 0 Å². The lowest BCUT2D eigenvalue weighted by molar-refractivity contribution is 0.543. The van der Waals surface area contributed by atoms with E-state index in [1.165, 1.54) is 0 Å². The lowest BCUT2D eigenvalue weighted by Gasteiger charge is -2.12. The van der Waals surface area contributed by atoms with Crippen LogP contribution in [0.1, 0.15) is 40.0 Å². The zero-order valence-corrected chi connectivity index (χ0v) is 9.90. The lowest BCUT2D eigenvalue weighted by atomic mass is 10.1. The Kier molecular flexibility index (Phi) is 7.57. The normalized spacial score (nSPS) is 16.1. The number of hydrogen-bond donors (Lipinski definition) is 1. The Balaban J connectivity index is 3.60. The second-order valence-corrected chi connectivity index (χ2v) is 5.38. The minimum Gasteiger partial charge on any atom is -0.328 e. The zero-order chi connectivity index (χ0) is 10.3. The number of hydrogen-bond acceptors (Lipinski definition) is 2. The van der Waals surface area contributed by atoms with Crippen LogP contribution in [0.5, 0.6) is 0 Å². The minimum absolute atomic E-state index is 0.186. The van der Waals surface area contributed by atoms with E-state index < -0.39 is 10.8 Å². The molecule has 2 unspecified atom stereocenters. The molecule has 0 fully saturated rings. The summed E-state index contributed by atoms with van der Waals surface area (Å²) < 4.78 is 11.5. The molecule has 0 aromatic carbocycles. The molecule has 0 radical (unpaired) electrons. The molecule has 2 nitrogen and oxygen atoms in total. The Morgan fingerprint density at radius 2 is 1.85 bits per heavy atom. The summed E-state index contributed by atoms with van der Waals surface area (Å²) in [6.45, 7) is 6.29. The molecule has 0 aliphatic rings.